The molecule has 5 rings (SSSR count). The second kappa shape index (κ2) is 8.87. The topological polar surface area (TPSA) is 60.2 Å². The Kier molecular flexibility index (Phi) is 5.79. The van der Waals surface area contributed by atoms with E-state index in [0.717, 1.165) is 42.4 Å². The monoisotopic (exact) mass is 430 g/mol. The number of hydrogen-bond donors (Lipinski definition) is 0. The van der Waals surface area contributed by atoms with E-state index in [2.05, 4.69) is 27.1 Å². The highest BCUT2D eigenvalue weighted by atomic mass is 16.5. The van der Waals surface area contributed by atoms with Crippen molar-refractivity contribution in [3.05, 3.63) is 70.1 Å². The van der Waals surface area contributed by atoms with E-state index in [0.29, 0.717) is 5.88 Å². The van der Waals surface area contributed by atoms with Crippen molar-refractivity contribution >= 4 is 0 Å². The van der Waals surface area contributed by atoms with Crippen LogP contribution in [-0.2, 0) is 12.8 Å². The van der Waals surface area contributed by atoms with Crippen molar-refractivity contribution in [2.75, 3.05) is 13.1 Å². The molecular formula is C26H30N4O2. The smallest absolute Gasteiger partial charge is 0.267 e. The summed E-state index contributed by atoms with van der Waals surface area (Å²) in [7, 11) is 0. The quantitative estimate of drug-likeness (QED) is 0.591. The molecule has 6 nitrogen and oxygen atoms in total. The molecule has 32 heavy (non-hydrogen) atoms. The summed E-state index contributed by atoms with van der Waals surface area (Å²) in [6.45, 7) is 6.19. The predicted octanol–water partition coefficient (Wildman–Crippen LogP) is 4.63. The van der Waals surface area contributed by atoms with Gasteiger partial charge in [0.25, 0.3) is 5.56 Å². The van der Waals surface area contributed by atoms with E-state index in [-0.39, 0.29) is 11.6 Å². The Morgan fingerprint density at radius 3 is 2.50 bits per heavy atom. The summed E-state index contributed by atoms with van der Waals surface area (Å²) < 4.78 is 7.55. The molecule has 0 saturated heterocycles. The van der Waals surface area contributed by atoms with Crippen LogP contribution in [0.1, 0.15) is 50.3 Å². The summed E-state index contributed by atoms with van der Waals surface area (Å²) in [5.74, 6) is 1.38. The Labute approximate surface area is 188 Å². The third-order valence-electron chi connectivity index (χ3n) is 6.67. The van der Waals surface area contributed by atoms with Crippen LogP contribution in [0, 0.1) is 0 Å². The largest absolute Gasteiger partial charge is 0.439 e. The first-order valence-electron chi connectivity index (χ1n) is 11.7. The molecule has 0 unspecified atom stereocenters. The standard InChI is InChI=1S/C26H30N4O2/c1-18(2)30-26(31)11-9-24(28-30)21-7-10-25(27-17-21)32-23-8-6-19-12-14-29(22-4-3-5-22)15-13-20(19)16-23/h6-11,16-18,22H,3-5,12-15H2,1-2H3. The van der Waals surface area contributed by atoms with Gasteiger partial charge in [-0.2, -0.15) is 5.10 Å². The van der Waals surface area contributed by atoms with Crippen molar-refractivity contribution in [2.24, 2.45) is 0 Å². The van der Waals surface area contributed by atoms with Crippen LogP contribution in [-0.4, -0.2) is 38.8 Å². The summed E-state index contributed by atoms with van der Waals surface area (Å²) in [6, 6.07) is 14.3. The normalized spacial score (nSPS) is 17.0. The van der Waals surface area contributed by atoms with Crippen LogP contribution in [0.2, 0.25) is 0 Å². The molecule has 0 N–H and O–H groups in total. The summed E-state index contributed by atoms with van der Waals surface area (Å²) in [4.78, 5) is 19.1. The van der Waals surface area contributed by atoms with Crippen LogP contribution >= 0.6 is 0 Å². The second-order valence-electron chi connectivity index (χ2n) is 9.13. The first-order valence-corrected chi connectivity index (χ1v) is 11.7. The molecule has 1 aliphatic carbocycles. The van der Waals surface area contributed by atoms with Gasteiger partial charge in [-0.05, 0) is 74.9 Å². The maximum Gasteiger partial charge on any atom is 0.267 e. The van der Waals surface area contributed by atoms with Gasteiger partial charge in [0.15, 0.2) is 0 Å². The maximum absolute atomic E-state index is 12.0. The molecule has 6 heteroatoms. The lowest BCUT2D eigenvalue weighted by Gasteiger charge is -2.36. The number of aromatic nitrogens is 3. The van der Waals surface area contributed by atoms with E-state index >= 15 is 0 Å². The van der Waals surface area contributed by atoms with Crippen molar-refractivity contribution in [1.82, 2.24) is 19.7 Å². The fourth-order valence-corrected chi connectivity index (χ4v) is 4.56. The van der Waals surface area contributed by atoms with Gasteiger partial charge in [0.05, 0.1) is 11.7 Å². The highest BCUT2D eigenvalue weighted by molar-refractivity contribution is 5.57. The fraction of sp³-hybridized carbons (Fsp3) is 0.423. The summed E-state index contributed by atoms with van der Waals surface area (Å²) in [5, 5.41) is 4.46. The molecule has 3 heterocycles. The molecule has 1 fully saturated rings. The van der Waals surface area contributed by atoms with Gasteiger partial charge in [-0.3, -0.25) is 9.69 Å². The van der Waals surface area contributed by atoms with Crippen molar-refractivity contribution in [1.29, 1.82) is 0 Å². The zero-order valence-electron chi connectivity index (χ0n) is 18.8. The van der Waals surface area contributed by atoms with Gasteiger partial charge < -0.3 is 4.74 Å². The zero-order chi connectivity index (χ0) is 22.1. The van der Waals surface area contributed by atoms with Crippen LogP contribution in [0.25, 0.3) is 11.3 Å². The lowest BCUT2D eigenvalue weighted by molar-refractivity contribution is 0.133. The van der Waals surface area contributed by atoms with Crippen LogP contribution in [0.5, 0.6) is 11.6 Å². The summed E-state index contributed by atoms with van der Waals surface area (Å²) in [6.07, 6.45) is 8.04. The Hall–Kier alpha value is -2.99. The number of ether oxygens (including phenoxy) is 1. The average Bonchev–Trinajstić information content (AvgIpc) is 2.96. The number of pyridine rings is 1. The van der Waals surface area contributed by atoms with Crippen molar-refractivity contribution in [3.8, 4) is 22.9 Å². The molecule has 2 aromatic heterocycles. The predicted molar refractivity (Wildman–Crippen MR) is 125 cm³/mol. The number of nitrogens with zero attached hydrogens (tertiary/aromatic N) is 4. The van der Waals surface area contributed by atoms with E-state index in [1.54, 1.807) is 18.3 Å². The third-order valence-corrected chi connectivity index (χ3v) is 6.67. The van der Waals surface area contributed by atoms with Gasteiger partial charge in [-0.25, -0.2) is 9.67 Å². The molecule has 1 aliphatic heterocycles. The summed E-state index contributed by atoms with van der Waals surface area (Å²) in [5.41, 5.74) is 4.30. The fourth-order valence-electron chi connectivity index (χ4n) is 4.56. The van der Waals surface area contributed by atoms with Gasteiger partial charge in [-0.15, -0.1) is 0 Å². The number of hydrogen-bond acceptors (Lipinski definition) is 5. The van der Waals surface area contributed by atoms with E-state index in [1.165, 1.54) is 41.6 Å². The summed E-state index contributed by atoms with van der Waals surface area (Å²) >= 11 is 0. The highest BCUT2D eigenvalue weighted by Crippen LogP contribution is 2.30. The molecule has 2 aliphatic rings. The number of fused-ring (bicyclic) bond motifs is 1. The lowest BCUT2D eigenvalue weighted by Crippen LogP contribution is -2.41. The third kappa shape index (κ3) is 4.32. The Balaban J connectivity index is 1.29. The molecule has 0 radical (unpaired) electrons. The second-order valence-corrected chi connectivity index (χ2v) is 9.13. The van der Waals surface area contributed by atoms with E-state index in [9.17, 15) is 4.79 Å². The van der Waals surface area contributed by atoms with Gasteiger partial charge in [-0.1, -0.05) is 12.5 Å². The van der Waals surface area contributed by atoms with Crippen LogP contribution in [0.4, 0.5) is 0 Å². The zero-order valence-corrected chi connectivity index (χ0v) is 18.8. The average molecular weight is 431 g/mol. The Morgan fingerprint density at radius 2 is 1.81 bits per heavy atom. The number of rotatable bonds is 5. The molecule has 0 spiro atoms. The van der Waals surface area contributed by atoms with Crippen LogP contribution < -0.4 is 10.3 Å². The van der Waals surface area contributed by atoms with Crippen LogP contribution in [0.15, 0.2) is 53.5 Å². The molecule has 166 valence electrons. The van der Waals surface area contributed by atoms with Gasteiger partial charge in [0.1, 0.15) is 5.75 Å². The van der Waals surface area contributed by atoms with Crippen molar-refractivity contribution in [2.45, 2.75) is 58.0 Å². The minimum atomic E-state index is -0.101. The van der Waals surface area contributed by atoms with Gasteiger partial charge >= 0.3 is 0 Å². The van der Waals surface area contributed by atoms with Crippen molar-refractivity contribution in [3.63, 3.8) is 0 Å². The molecule has 1 saturated carbocycles. The van der Waals surface area contributed by atoms with E-state index in [1.807, 2.05) is 32.0 Å². The van der Waals surface area contributed by atoms with E-state index in [4.69, 9.17) is 4.74 Å². The van der Waals surface area contributed by atoms with Crippen molar-refractivity contribution < 1.29 is 4.74 Å². The Bertz CT molecular complexity index is 1150. The Morgan fingerprint density at radius 1 is 1.00 bits per heavy atom. The van der Waals surface area contributed by atoms with E-state index < -0.39 is 0 Å². The van der Waals surface area contributed by atoms with Gasteiger partial charge in [0.2, 0.25) is 5.88 Å². The molecule has 3 aromatic rings. The first kappa shape index (κ1) is 20.9. The minimum Gasteiger partial charge on any atom is -0.439 e. The first-order chi connectivity index (χ1) is 15.6. The molecule has 0 bridgehead atoms. The molecule has 0 amide bonds. The molecular weight excluding hydrogens is 400 g/mol. The lowest BCUT2D eigenvalue weighted by atomic mass is 9.91. The molecule has 1 aromatic carbocycles. The molecule has 0 atom stereocenters. The number of benzene rings is 1. The minimum absolute atomic E-state index is 0.00650. The maximum atomic E-state index is 12.0. The SMILES string of the molecule is CC(C)n1nc(-c2ccc(Oc3ccc4c(c3)CCN(C3CCC3)CC4)nc2)ccc1=O. The van der Waals surface area contributed by atoms with Crippen LogP contribution in [0.3, 0.4) is 0 Å². The highest BCUT2D eigenvalue weighted by Gasteiger charge is 2.26. The van der Waals surface area contributed by atoms with Gasteiger partial charge in [0, 0.05) is 43.0 Å².